The van der Waals surface area contributed by atoms with E-state index < -0.39 is 0 Å². The van der Waals surface area contributed by atoms with Crippen LogP contribution in [0.15, 0.2) is 12.1 Å². The van der Waals surface area contributed by atoms with E-state index in [4.69, 9.17) is 9.47 Å². The zero-order chi connectivity index (χ0) is 12.4. The van der Waals surface area contributed by atoms with Gasteiger partial charge < -0.3 is 9.47 Å². The number of methoxy groups -OCH3 is 1. The fourth-order valence-corrected chi connectivity index (χ4v) is 2.32. The van der Waals surface area contributed by atoms with Gasteiger partial charge in [-0.25, -0.2) is 0 Å². The lowest BCUT2D eigenvalue weighted by atomic mass is 9.93. The van der Waals surface area contributed by atoms with E-state index in [1.165, 1.54) is 12.7 Å². The van der Waals surface area contributed by atoms with Crippen LogP contribution in [0.4, 0.5) is 0 Å². The molecular weight excluding hydrogens is 216 g/mol. The Balaban J connectivity index is 2.30. The maximum Gasteiger partial charge on any atom is 0.312 e. The van der Waals surface area contributed by atoms with Crippen molar-refractivity contribution in [3.05, 3.63) is 28.8 Å². The zero-order valence-electron chi connectivity index (χ0n) is 10.6. The van der Waals surface area contributed by atoms with Gasteiger partial charge in [0.15, 0.2) is 0 Å². The third kappa shape index (κ3) is 2.28. The van der Waals surface area contributed by atoms with E-state index in [0.29, 0.717) is 6.61 Å². The molecule has 3 heteroatoms. The van der Waals surface area contributed by atoms with Gasteiger partial charge in [0, 0.05) is 0 Å². The van der Waals surface area contributed by atoms with Gasteiger partial charge in [-0.15, -0.1) is 0 Å². The standard InChI is InChI=1S/C14H18O3/c1-4-10-5-9(2)13-11(6-10)7-12(8-17-13)14(15)16-3/h5-6,12H,4,7-8H2,1-3H3. The Kier molecular flexibility index (Phi) is 3.36. The summed E-state index contributed by atoms with van der Waals surface area (Å²) in [5.74, 6) is 0.594. The van der Waals surface area contributed by atoms with E-state index in [0.717, 1.165) is 29.7 Å². The van der Waals surface area contributed by atoms with Gasteiger partial charge in [-0.3, -0.25) is 4.79 Å². The van der Waals surface area contributed by atoms with Gasteiger partial charge >= 0.3 is 5.97 Å². The Hall–Kier alpha value is -1.51. The van der Waals surface area contributed by atoms with Crippen molar-refractivity contribution >= 4 is 5.97 Å². The van der Waals surface area contributed by atoms with Crippen LogP contribution in [0.1, 0.15) is 23.6 Å². The number of benzene rings is 1. The predicted molar refractivity (Wildman–Crippen MR) is 65.3 cm³/mol. The minimum atomic E-state index is -0.185. The summed E-state index contributed by atoms with van der Waals surface area (Å²) in [7, 11) is 1.42. The average Bonchev–Trinajstić information content (AvgIpc) is 2.36. The fourth-order valence-electron chi connectivity index (χ4n) is 2.32. The highest BCUT2D eigenvalue weighted by molar-refractivity contribution is 5.73. The molecule has 0 saturated heterocycles. The van der Waals surface area contributed by atoms with Gasteiger partial charge in [-0.05, 0) is 36.5 Å². The molecule has 0 fully saturated rings. The highest BCUT2D eigenvalue weighted by atomic mass is 16.5. The number of hydrogen-bond donors (Lipinski definition) is 0. The maximum atomic E-state index is 11.5. The van der Waals surface area contributed by atoms with Gasteiger partial charge in [0.25, 0.3) is 0 Å². The highest BCUT2D eigenvalue weighted by Gasteiger charge is 2.27. The molecule has 2 rings (SSSR count). The Labute approximate surface area is 102 Å². The fraction of sp³-hybridized carbons (Fsp3) is 0.500. The van der Waals surface area contributed by atoms with Crippen molar-refractivity contribution in [1.29, 1.82) is 0 Å². The molecule has 17 heavy (non-hydrogen) atoms. The number of hydrogen-bond acceptors (Lipinski definition) is 3. The lowest BCUT2D eigenvalue weighted by molar-refractivity contribution is -0.146. The van der Waals surface area contributed by atoms with Crippen LogP contribution in [0.3, 0.4) is 0 Å². The number of fused-ring (bicyclic) bond motifs is 1. The molecule has 1 aliphatic rings. The molecule has 92 valence electrons. The second-order valence-corrected chi connectivity index (χ2v) is 4.49. The van der Waals surface area contributed by atoms with Crippen LogP contribution in [0.25, 0.3) is 0 Å². The molecule has 3 nitrogen and oxygen atoms in total. The largest absolute Gasteiger partial charge is 0.492 e. The minimum Gasteiger partial charge on any atom is -0.492 e. The summed E-state index contributed by atoms with van der Waals surface area (Å²) in [6.45, 7) is 4.60. The van der Waals surface area contributed by atoms with E-state index in [1.807, 2.05) is 0 Å². The molecule has 1 heterocycles. The molecule has 0 aromatic heterocycles. The summed E-state index contributed by atoms with van der Waals surface area (Å²) in [5, 5.41) is 0. The van der Waals surface area contributed by atoms with Crippen LogP contribution < -0.4 is 4.74 Å². The van der Waals surface area contributed by atoms with E-state index in [9.17, 15) is 4.79 Å². The second-order valence-electron chi connectivity index (χ2n) is 4.49. The van der Waals surface area contributed by atoms with Crippen molar-refractivity contribution in [3.63, 3.8) is 0 Å². The molecule has 0 spiro atoms. The van der Waals surface area contributed by atoms with Crippen molar-refractivity contribution in [3.8, 4) is 5.75 Å². The molecule has 1 aromatic rings. The van der Waals surface area contributed by atoms with Crippen molar-refractivity contribution in [2.24, 2.45) is 5.92 Å². The van der Waals surface area contributed by atoms with E-state index >= 15 is 0 Å². The summed E-state index contributed by atoms with van der Waals surface area (Å²) in [5.41, 5.74) is 3.57. The molecule has 1 aliphatic heterocycles. The number of ether oxygens (including phenoxy) is 2. The van der Waals surface area contributed by atoms with Gasteiger partial charge in [-0.1, -0.05) is 19.1 Å². The van der Waals surface area contributed by atoms with Gasteiger partial charge in [0.2, 0.25) is 0 Å². The summed E-state index contributed by atoms with van der Waals surface area (Å²) in [6.07, 6.45) is 1.72. The summed E-state index contributed by atoms with van der Waals surface area (Å²) >= 11 is 0. The monoisotopic (exact) mass is 234 g/mol. The van der Waals surface area contributed by atoms with E-state index in [-0.39, 0.29) is 11.9 Å². The smallest absolute Gasteiger partial charge is 0.312 e. The maximum absolute atomic E-state index is 11.5. The molecule has 0 N–H and O–H groups in total. The zero-order valence-corrected chi connectivity index (χ0v) is 10.6. The van der Waals surface area contributed by atoms with Crippen LogP contribution in [0.2, 0.25) is 0 Å². The van der Waals surface area contributed by atoms with Gasteiger partial charge in [0.05, 0.1) is 13.0 Å². The molecule has 1 aromatic carbocycles. The lowest BCUT2D eigenvalue weighted by Gasteiger charge is -2.25. The summed E-state index contributed by atoms with van der Waals surface area (Å²) in [6, 6.07) is 4.29. The molecule has 0 saturated carbocycles. The third-order valence-electron chi connectivity index (χ3n) is 3.25. The second kappa shape index (κ2) is 4.78. The van der Waals surface area contributed by atoms with E-state index in [1.54, 1.807) is 0 Å². The van der Waals surface area contributed by atoms with Crippen molar-refractivity contribution in [2.75, 3.05) is 13.7 Å². The number of carbonyl (C=O) groups excluding carboxylic acids is 1. The SMILES string of the molecule is CCc1cc(C)c2c(c1)CC(C(=O)OC)CO2. The molecule has 1 unspecified atom stereocenters. The first-order chi connectivity index (χ1) is 8.15. The van der Waals surface area contributed by atoms with E-state index in [2.05, 4.69) is 26.0 Å². The molecule has 0 amide bonds. The number of rotatable bonds is 2. The lowest BCUT2D eigenvalue weighted by Crippen LogP contribution is -2.29. The normalized spacial score (nSPS) is 18.2. The van der Waals surface area contributed by atoms with Crippen molar-refractivity contribution < 1.29 is 14.3 Å². The molecule has 0 radical (unpaired) electrons. The molecule has 0 aliphatic carbocycles. The molecular formula is C14H18O3. The summed E-state index contributed by atoms with van der Waals surface area (Å²) < 4.78 is 10.5. The number of aryl methyl sites for hydroxylation is 2. The number of carbonyl (C=O) groups is 1. The van der Waals surface area contributed by atoms with Gasteiger partial charge in [0.1, 0.15) is 12.4 Å². The quantitative estimate of drug-likeness (QED) is 0.736. The Morgan fingerprint density at radius 2 is 2.29 bits per heavy atom. The van der Waals surface area contributed by atoms with Crippen LogP contribution in [-0.2, 0) is 22.4 Å². The molecule has 0 bridgehead atoms. The van der Waals surface area contributed by atoms with Crippen LogP contribution in [-0.4, -0.2) is 19.7 Å². The highest BCUT2D eigenvalue weighted by Crippen LogP contribution is 2.32. The first-order valence-corrected chi connectivity index (χ1v) is 5.98. The molecule has 1 atom stereocenters. The van der Waals surface area contributed by atoms with Crippen molar-refractivity contribution in [2.45, 2.75) is 26.7 Å². The third-order valence-corrected chi connectivity index (χ3v) is 3.25. The minimum absolute atomic E-state index is 0.168. The Morgan fingerprint density at radius 3 is 2.94 bits per heavy atom. The topological polar surface area (TPSA) is 35.5 Å². The number of esters is 1. The predicted octanol–water partition coefficient (Wildman–Crippen LogP) is 2.28. The Morgan fingerprint density at radius 1 is 1.53 bits per heavy atom. The first kappa shape index (κ1) is 12.0. The van der Waals surface area contributed by atoms with Gasteiger partial charge in [-0.2, -0.15) is 0 Å². The van der Waals surface area contributed by atoms with Crippen LogP contribution in [0.5, 0.6) is 5.75 Å². The first-order valence-electron chi connectivity index (χ1n) is 5.98. The summed E-state index contributed by atoms with van der Waals surface area (Å²) in [4.78, 5) is 11.5. The van der Waals surface area contributed by atoms with Crippen molar-refractivity contribution in [1.82, 2.24) is 0 Å². The average molecular weight is 234 g/mol. The van der Waals surface area contributed by atoms with Crippen LogP contribution >= 0.6 is 0 Å². The Bertz CT molecular complexity index is 437. The van der Waals surface area contributed by atoms with Crippen LogP contribution in [0, 0.1) is 12.8 Å².